The van der Waals surface area contributed by atoms with Crippen molar-refractivity contribution in [1.82, 2.24) is 10.4 Å². The second kappa shape index (κ2) is 6.04. The molecule has 3 N–H and O–H groups in total. The van der Waals surface area contributed by atoms with E-state index in [4.69, 9.17) is 5.84 Å². The predicted molar refractivity (Wildman–Crippen MR) is 84.2 cm³/mol. The first-order valence-corrected chi connectivity index (χ1v) is 7.74. The molecule has 0 fully saturated rings. The van der Waals surface area contributed by atoms with Crippen molar-refractivity contribution < 1.29 is 0 Å². The topological polar surface area (TPSA) is 50.9 Å². The highest BCUT2D eigenvalue weighted by Gasteiger charge is 2.17. The zero-order valence-electron chi connectivity index (χ0n) is 11.3. The fraction of sp³-hybridized carbons (Fsp3) is 0.312. The lowest BCUT2D eigenvalue weighted by Crippen LogP contribution is -2.30. The molecule has 2 aromatic rings. The SMILES string of the molecule is NNC(Cc1ccc2c(c1)CCC2)c1ncccc1Br. The van der Waals surface area contributed by atoms with Gasteiger partial charge in [-0.15, -0.1) is 0 Å². The minimum absolute atomic E-state index is 0.0185. The van der Waals surface area contributed by atoms with Crippen LogP contribution in [-0.2, 0) is 19.3 Å². The van der Waals surface area contributed by atoms with Gasteiger partial charge in [-0.05, 0) is 70.4 Å². The van der Waals surface area contributed by atoms with Gasteiger partial charge in [-0.1, -0.05) is 18.2 Å². The third-order valence-corrected chi connectivity index (χ3v) is 4.59. The van der Waals surface area contributed by atoms with E-state index >= 15 is 0 Å². The van der Waals surface area contributed by atoms with Crippen LogP contribution in [0.4, 0.5) is 0 Å². The summed E-state index contributed by atoms with van der Waals surface area (Å²) in [5.74, 6) is 5.72. The molecule has 0 saturated heterocycles. The zero-order chi connectivity index (χ0) is 13.9. The summed E-state index contributed by atoms with van der Waals surface area (Å²) in [7, 11) is 0. The fourth-order valence-corrected chi connectivity index (χ4v) is 3.41. The number of halogens is 1. The predicted octanol–water partition coefficient (Wildman–Crippen LogP) is 3.08. The number of hydrogen-bond acceptors (Lipinski definition) is 3. The Hall–Kier alpha value is -1.23. The highest BCUT2D eigenvalue weighted by molar-refractivity contribution is 9.10. The maximum Gasteiger partial charge on any atom is 0.0731 e. The number of hydrogen-bond donors (Lipinski definition) is 2. The number of nitrogens with two attached hydrogens (primary N) is 1. The Morgan fingerprint density at radius 1 is 1.25 bits per heavy atom. The van der Waals surface area contributed by atoms with Crippen LogP contribution in [-0.4, -0.2) is 4.98 Å². The Bertz CT molecular complexity index is 612. The number of aromatic nitrogens is 1. The van der Waals surface area contributed by atoms with Gasteiger partial charge >= 0.3 is 0 Å². The maximum absolute atomic E-state index is 5.72. The van der Waals surface area contributed by atoms with Gasteiger partial charge in [-0.25, -0.2) is 0 Å². The van der Waals surface area contributed by atoms with Crippen molar-refractivity contribution in [3.05, 3.63) is 63.4 Å². The molecular formula is C16H18BrN3. The number of aryl methyl sites for hydroxylation is 2. The van der Waals surface area contributed by atoms with Crippen LogP contribution in [0.5, 0.6) is 0 Å². The first-order valence-electron chi connectivity index (χ1n) is 6.95. The van der Waals surface area contributed by atoms with E-state index in [1.807, 2.05) is 12.1 Å². The van der Waals surface area contributed by atoms with Crippen molar-refractivity contribution in [2.75, 3.05) is 0 Å². The van der Waals surface area contributed by atoms with E-state index in [0.717, 1.165) is 16.6 Å². The van der Waals surface area contributed by atoms with E-state index in [2.05, 4.69) is 44.5 Å². The van der Waals surface area contributed by atoms with Crippen LogP contribution in [0.25, 0.3) is 0 Å². The zero-order valence-corrected chi connectivity index (χ0v) is 12.9. The van der Waals surface area contributed by atoms with E-state index in [9.17, 15) is 0 Å². The molecule has 0 spiro atoms. The lowest BCUT2D eigenvalue weighted by molar-refractivity contribution is 0.536. The normalized spacial score (nSPS) is 15.1. The van der Waals surface area contributed by atoms with E-state index in [0.29, 0.717) is 0 Å². The molecule has 1 atom stereocenters. The second-order valence-electron chi connectivity index (χ2n) is 5.25. The molecule has 0 saturated carbocycles. The summed E-state index contributed by atoms with van der Waals surface area (Å²) in [6.07, 6.45) is 6.35. The fourth-order valence-electron chi connectivity index (χ4n) is 2.88. The molecule has 1 aliphatic carbocycles. The largest absolute Gasteiger partial charge is 0.271 e. The average Bonchev–Trinajstić information content (AvgIpc) is 2.93. The average molecular weight is 332 g/mol. The lowest BCUT2D eigenvalue weighted by atomic mass is 9.99. The molecule has 1 aliphatic rings. The summed E-state index contributed by atoms with van der Waals surface area (Å²) < 4.78 is 0.990. The molecular weight excluding hydrogens is 314 g/mol. The van der Waals surface area contributed by atoms with Crippen molar-refractivity contribution in [3.63, 3.8) is 0 Å². The number of benzene rings is 1. The second-order valence-corrected chi connectivity index (χ2v) is 6.10. The van der Waals surface area contributed by atoms with Gasteiger partial charge in [0.15, 0.2) is 0 Å². The van der Waals surface area contributed by atoms with Crippen LogP contribution in [0.3, 0.4) is 0 Å². The maximum atomic E-state index is 5.72. The molecule has 1 aromatic heterocycles. The molecule has 1 unspecified atom stereocenters. The Morgan fingerprint density at radius 2 is 2.10 bits per heavy atom. The number of fused-ring (bicyclic) bond motifs is 1. The minimum Gasteiger partial charge on any atom is -0.271 e. The first-order chi connectivity index (χ1) is 9.78. The molecule has 3 nitrogen and oxygen atoms in total. The molecule has 4 heteroatoms. The van der Waals surface area contributed by atoms with Crippen molar-refractivity contribution in [2.24, 2.45) is 5.84 Å². The summed E-state index contributed by atoms with van der Waals surface area (Å²) >= 11 is 3.54. The summed E-state index contributed by atoms with van der Waals surface area (Å²) in [4.78, 5) is 4.43. The van der Waals surface area contributed by atoms with Crippen molar-refractivity contribution in [1.29, 1.82) is 0 Å². The van der Waals surface area contributed by atoms with E-state index in [1.165, 1.54) is 36.0 Å². The molecule has 0 radical (unpaired) electrons. The van der Waals surface area contributed by atoms with Crippen molar-refractivity contribution in [3.8, 4) is 0 Å². The van der Waals surface area contributed by atoms with Crippen molar-refractivity contribution >= 4 is 15.9 Å². The Morgan fingerprint density at radius 3 is 2.90 bits per heavy atom. The van der Waals surface area contributed by atoms with Crippen LogP contribution in [0.15, 0.2) is 41.0 Å². The van der Waals surface area contributed by atoms with Gasteiger partial charge in [0.25, 0.3) is 0 Å². The van der Waals surface area contributed by atoms with Crippen LogP contribution < -0.4 is 11.3 Å². The summed E-state index contributed by atoms with van der Waals surface area (Å²) in [6, 6.07) is 10.7. The van der Waals surface area contributed by atoms with Crippen LogP contribution in [0.1, 0.15) is 34.8 Å². The molecule has 1 heterocycles. The highest BCUT2D eigenvalue weighted by atomic mass is 79.9. The number of nitrogens with one attached hydrogen (secondary N) is 1. The Balaban J connectivity index is 1.83. The smallest absolute Gasteiger partial charge is 0.0731 e. The Kier molecular flexibility index (Phi) is 4.15. The van der Waals surface area contributed by atoms with Gasteiger partial charge in [0, 0.05) is 10.7 Å². The van der Waals surface area contributed by atoms with Gasteiger partial charge in [-0.2, -0.15) is 0 Å². The third-order valence-electron chi connectivity index (χ3n) is 3.92. The van der Waals surface area contributed by atoms with Crippen LogP contribution >= 0.6 is 15.9 Å². The lowest BCUT2D eigenvalue weighted by Gasteiger charge is -2.17. The van der Waals surface area contributed by atoms with E-state index < -0.39 is 0 Å². The molecule has 1 aromatic carbocycles. The van der Waals surface area contributed by atoms with Gasteiger partial charge < -0.3 is 0 Å². The van der Waals surface area contributed by atoms with Gasteiger partial charge in [0.2, 0.25) is 0 Å². The van der Waals surface area contributed by atoms with Crippen molar-refractivity contribution in [2.45, 2.75) is 31.7 Å². The number of hydrazine groups is 1. The Labute approximate surface area is 127 Å². The van der Waals surface area contributed by atoms with Gasteiger partial charge in [0.05, 0.1) is 11.7 Å². The standard InChI is InChI=1S/C16H18BrN3/c17-14-5-2-8-19-16(14)15(20-18)10-11-6-7-12-3-1-4-13(12)9-11/h2,5-9,15,20H,1,3-4,10,18H2. The number of pyridine rings is 1. The molecule has 3 rings (SSSR count). The van der Waals surface area contributed by atoms with Crippen LogP contribution in [0, 0.1) is 0 Å². The summed E-state index contributed by atoms with van der Waals surface area (Å²) in [5, 5.41) is 0. The first kappa shape index (κ1) is 13.7. The van der Waals surface area contributed by atoms with E-state index in [-0.39, 0.29) is 6.04 Å². The molecule has 0 bridgehead atoms. The molecule has 0 amide bonds. The van der Waals surface area contributed by atoms with E-state index in [1.54, 1.807) is 6.20 Å². The molecule has 0 aliphatic heterocycles. The number of nitrogens with zero attached hydrogens (tertiary/aromatic N) is 1. The summed E-state index contributed by atoms with van der Waals surface area (Å²) in [6.45, 7) is 0. The molecule has 20 heavy (non-hydrogen) atoms. The molecule has 104 valence electrons. The monoisotopic (exact) mass is 331 g/mol. The number of rotatable bonds is 4. The summed E-state index contributed by atoms with van der Waals surface area (Å²) in [5.41, 5.74) is 8.15. The van der Waals surface area contributed by atoms with Gasteiger partial charge in [-0.3, -0.25) is 16.3 Å². The van der Waals surface area contributed by atoms with Crippen LogP contribution in [0.2, 0.25) is 0 Å². The minimum atomic E-state index is 0.0185. The third kappa shape index (κ3) is 2.77. The van der Waals surface area contributed by atoms with Gasteiger partial charge in [0.1, 0.15) is 0 Å². The highest BCUT2D eigenvalue weighted by Crippen LogP contribution is 2.27. The quantitative estimate of drug-likeness (QED) is 0.668.